The molecule has 1 aliphatic rings. The van der Waals surface area contributed by atoms with Crippen molar-refractivity contribution in [1.29, 1.82) is 0 Å². The maximum Gasteiger partial charge on any atom is 0.225 e. The molecule has 28 heavy (non-hydrogen) atoms. The molecule has 0 aliphatic carbocycles. The molecule has 3 rings (SSSR count). The SMILES string of the molecule is CCC(CC)C(=O)N1CCN(c2cc(Oc3ccc(C)cc3)nc(C)n2)CC1. The van der Waals surface area contributed by atoms with Gasteiger partial charge in [-0.3, -0.25) is 4.79 Å². The van der Waals surface area contributed by atoms with Crippen molar-refractivity contribution in [1.82, 2.24) is 14.9 Å². The van der Waals surface area contributed by atoms with Crippen LogP contribution in [0.2, 0.25) is 0 Å². The summed E-state index contributed by atoms with van der Waals surface area (Å²) in [6.07, 6.45) is 1.81. The van der Waals surface area contributed by atoms with Crippen LogP contribution in [-0.2, 0) is 4.79 Å². The van der Waals surface area contributed by atoms with Crippen LogP contribution < -0.4 is 9.64 Å². The Hall–Kier alpha value is -2.63. The number of anilines is 1. The van der Waals surface area contributed by atoms with Crippen molar-refractivity contribution < 1.29 is 9.53 Å². The number of aromatic nitrogens is 2. The fraction of sp³-hybridized carbons (Fsp3) is 0.500. The second-order valence-electron chi connectivity index (χ2n) is 7.35. The Labute approximate surface area is 167 Å². The highest BCUT2D eigenvalue weighted by Crippen LogP contribution is 2.24. The van der Waals surface area contributed by atoms with E-state index in [1.54, 1.807) is 0 Å². The number of nitrogens with zero attached hydrogens (tertiary/aromatic N) is 4. The van der Waals surface area contributed by atoms with Crippen LogP contribution in [-0.4, -0.2) is 47.0 Å². The molecule has 1 aromatic carbocycles. The number of ether oxygens (including phenoxy) is 1. The van der Waals surface area contributed by atoms with E-state index in [1.807, 2.05) is 49.1 Å². The van der Waals surface area contributed by atoms with Crippen molar-refractivity contribution in [3.63, 3.8) is 0 Å². The molecule has 0 atom stereocenters. The van der Waals surface area contributed by atoms with E-state index in [1.165, 1.54) is 5.56 Å². The van der Waals surface area contributed by atoms with Crippen LogP contribution in [0.3, 0.4) is 0 Å². The highest BCUT2D eigenvalue weighted by atomic mass is 16.5. The highest BCUT2D eigenvalue weighted by Gasteiger charge is 2.26. The number of carbonyl (C=O) groups is 1. The Bertz CT molecular complexity index is 795. The van der Waals surface area contributed by atoms with Gasteiger partial charge in [-0.05, 0) is 38.8 Å². The largest absolute Gasteiger partial charge is 0.439 e. The zero-order valence-electron chi connectivity index (χ0n) is 17.3. The first-order chi connectivity index (χ1) is 13.5. The number of benzene rings is 1. The molecule has 6 heteroatoms. The van der Waals surface area contributed by atoms with Crippen LogP contribution in [0.1, 0.15) is 38.1 Å². The quantitative estimate of drug-likeness (QED) is 0.757. The molecule has 1 aliphatic heterocycles. The average molecular weight is 383 g/mol. The number of piperazine rings is 1. The van der Waals surface area contributed by atoms with Crippen molar-refractivity contribution in [2.24, 2.45) is 5.92 Å². The van der Waals surface area contributed by atoms with Gasteiger partial charge in [0.05, 0.1) is 0 Å². The highest BCUT2D eigenvalue weighted by molar-refractivity contribution is 5.79. The predicted molar refractivity (Wildman–Crippen MR) is 111 cm³/mol. The molecule has 0 N–H and O–H groups in total. The van der Waals surface area contributed by atoms with E-state index in [9.17, 15) is 4.79 Å². The summed E-state index contributed by atoms with van der Waals surface area (Å²) in [5, 5.41) is 0. The molecule has 1 fully saturated rings. The number of hydrogen-bond acceptors (Lipinski definition) is 5. The van der Waals surface area contributed by atoms with E-state index in [4.69, 9.17) is 4.74 Å². The number of amides is 1. The Balaban J connectivity index is 1.67. The van der Waals surface area contributed by atoms with Gasteiger partial charge in [-0.2, -0.15) is 4.98 Å². The third kappa shape index (κ3) is 4.80. The number of aryl methyl sites for hydroxylation is 2. The second-order valence-corrected chi connectivity index (χ2v) is 7.35. The third-order valence-electron chi connectivity index (χ3n) is 5.29. The summed E-state index contributed by atoms with van der Waals surface area (Å²) < 4.78 is 5.92. The zero-order chi connectivity index (χ0) is 20.1. The second kappa shape index (κ2) is 9.04. The first-order valence-electron chi connectivity index (χ1n) is 10.1. The summed E-state index contributed by atoms with van der Waals surface area (Å²) in [4.78, 5) is 25.8. The van der Waals surface area contributed by atoms with E-state index in [2.05, 4.69) is 28.7 Å². The summed E-state index contributed by atoms with van der Waals surface area (Å²) in [6.45, 7) is 11.1. The standard InChI is InChI=1S/C22H30N4O2/c1-5-18(6-2)22(27)26-13-11-25(12-14-26)20-15-21(24-17(4)23-20)28-19-9-7-16(3)8-10-19/h7-10,15,18H,5-6,11-14H2,1-4H3. The molecule has 1 amide bonds. The van der Waals surface area contributed by atoms with Crippen LogP contribution in [0.15, 0.2) is 30.3 Å². The van der Waals surface area contributed by atoms with E-state index in [0.717, 1.165) is 50.6 Å². The fourth-order valence-corrected chi connectivity index (χ4v) is 3.52. The van der Waals surface area contributed by atoms with Gasteiger partial charge in [0, 0.05) is 38.2 Å². The molecule has 150 valence electrons. The van der Waals surface area contributed by atoms with E-state index in [0.29, 0.717) is 11.7 Å². The maximum absolute atomic E-state index is 12.6. The van der Waals surface area contributed by atoms with Crippen LogP contribution in [0.4, 0.5) is 5.82 Å². The van der Waals surface area contributed by atoms with Gasteiger partial charge in [0.25, 0.3) is 0 Å². The van der Waals surface area contributed by atoms with E-state index in [-0.39, 0.29) is 11.8 Å². The van der Waals surface area contributed by atoms with Crippen LogP contribution in [0, 0.1) is 19.8 Å². The lowest BCUT2D eigenvalue weighted by Crippen LogP contribution is -2.50. The van der Waals surface area contributed by atoms with Crippen molar-refractivity contribution in [3.05, 3.63) is 41.7 Å². The van der Waals surface area contributed by atoms with Crippen molar-refractivity contribution >= 4 is 11.7 Å². The summed E-state index contributed by atoms with van der Waals surface area (Å²) in [5.74, 6) is 3.26. The molecule has 6 nitrogen and oxygen atoms in total. The Morgan fingerprint density at radius 2 is 1.68 bits per heavy atom. The van der Waals surface area contributed by atoms with Crippen molar-refractivity contribution in [3.8, 4) is 11.6 Å². The Kier molecular flexibility index (Phi) is 6.49. The molecular formula is C22H30N4O2. The number of rotatable bonds is 6. The summed E-state index contributed by atoms with van der Waals surface area (Å²) in [5.41, 5.74) is 1.19. The van der Waals surface area contributed by atoms with Gasteiger partial charge < -0.3 is 14.5 Å². The molecule has 2 aromatic rings. The minimum absolute atomic E-state index is 0.141. The summed E-state index contributed by atoms with van der Waals surface area (Å²) in [7, 11) is 0. The summed E-state index contributed by atoms with van der Waals surface area (Å²) >= 11 is 0. The van der Waals surface area contributed by atoms with Gasteiger partial charge in [-0.1, -0.05) is 31.5 Å². The molecule has 1 saturated heterocycles. The molecule has 0 unspecified atom stereocenters. The van der Waals surface area contributed by atoms with Crippen molar-refractivity contribution in [2.45, 2.75) is 40.5 Å². The molecule has 0 saturated carbocycles. The molecule has 2 heterocycles. The average Bonchev–Trinajstić information content (AvgIpc) is 2.70. The van der Waals surface area contributed by atoms with Gasteiger partial charge in [0.1, 0.15) is 17.4 Å². The van der Waals surface area contributed by atoms with Gasteiger partial charge in [0.15, 0.2) is 0 Å². The van der Waals surface area contributed by atoms with Crippen LogP contribution in [0.5, 0.6) is 11.6 Å². The molecule has 0 bridgehead atoms. The number of carbonyl (C=O) groups excluding carboxylic acids is 1. The van der Waals surface area contributed by atoms with Gasteiger partial charge in [0.2, 0.25) is 11.8 Å². The van der Waals surface area contributed by atoms with Gasteiger partial charge in [-0.15, -0.1) is 0 Å². The maximum atomic E-state index is 12.6. The predicted octanol–water partition coefficient (Wildman–Crippen LogP) is 3.97. The topological polar surface area (TPSA) is 58.6 Å². The van der Waals surface area contributed by atoms with Gasteiger partial charge >= 0.3 is 0 Å². The van der Waals surface area contributed by atoms with Crippen LogP contribution >= 0.6 is 0 Å². The van der Waals surface area contributed by atoms with Gasteiger partial charge in [-0.25, -0.2) is 4.98 Å². The molecule has 0 radical (unpaired) electrons. The lowest BCUT2D eigenvalue weighted by Gasteiger charge is -2.37. The smallest absolute Gasteiger partial charge is 0.225 e. The fourth-order valence-electron chi connectivity index (χ4n) is 3.52. The van der Waals surface area contributed by atoms with Crippen molar-refractivity contribution in [2.75, 3.05) is 31.1 Å². The van der Waals surface area contributed by atoms with E-state index >= 15 is 0 Å². The minimum Gasteiger partial charge on any atom is -0.439 e. The summed E-state index contributed by atoms with van der Waals surface area (Å²) in [6, 6.07) is 9.79. The first-order valence-corrected chi connectivity index (χ1v) is 10.1. The Morgan fingerprint density at radius 1 is 1.04 bits per heavy atom. The Morgan fingerprint density at radius 3 is 2.29 bits per heavy atom. The lowest BCUT2D eigenvalue weighted by molar-refractivity contribution is -0.136. The van der Waals surface area contributed by atoms with E-state index < -0.39 is 0 Å². The number of hydrogen-bond donors (Lipinski definition) is 0. The molecular weight excluding hydrogens is 352 g/mol. The normalized spacial score (nSPS) is 14.5. The monoisotopic (exact) mass is 382 g/mol. The lowest BCUT2D eigenvalue weighted by atomic mass is 10.0. The van der Waals surface area contributed by atoms with Crippen LogP contribution in [0.25, 0.3) is 0 Å². The zero-order valence-corrected chi connectivity index (χ0v) is 17.3. The molecule has 0 spiro atoms. The third-order valence-corrected chi connectivity index (χ3v) is 5.29. The minimum atomic E-state index is 0.141. The molecule has 1 aromatic heterocycles. The first kappa shape index (κ1) is 20.1.